The maximum atomic E-state index is 12.5. The number of piperazine rings is 1. The fourth-order valence-corrected chi connectivity index (χ4v) is 4.47. The molecule has 2 aliphatic rings. The van der Waals surface area contributed by atoms with Gasteiger partial charge in [0.1, 0.15) is 11.6 Å². The molecule has 5 rings (SSSR count). The summed E-state index contributed by atoms with van der Waals surface area (Å²) in [4.78, 5) is 25.7. The molecule has 2 aromatic heterocycles. The number of hydrogen-bond donors (Lipinski definition) is 0. The Morgan fingerprint density at radius 1 is 1.06 bits per heavy atom. The van der Waals surface area contributed by atoms with E-state index in [-0.39, 0.29) is 12.5 Å². The van der Waals surface area contributed by atoms with Gasteiger partial charge in [-0.3, -0.25) is 4.79 Å². The van der Waals surface area contributed by atoms with Crippen LogP contribution < -0.4 is 9.64 Å². The Morgan fingerprint density at radius 2 is 1.82 bits per heavy atom. The third-order valence-corrected chi connectivity index (χ3v) is 6.54. The van der Waals surface area contributed by atoms with Crippen LogP contribution in [-0.2, 0) is 4.79 Å². The molecule has 0 radical (unpaired) electrons. The maximum Gasteiger partial charge on any atom is 0.260 e. The van der Waals surface area contributed by atoms with Crippen molar-refractivity contribution in [1.82, 2.24) is 20.0 Å². The number of rotatable bonds is 6. The molecule has 1 aliphatic heterocycles. The predicted molar refractivity (Wildman–Crippen MR) is 124 cm³/mol. The quantitative estimate of drug-likeness (QED) is 0.537. The van der Waals surface area contributed by atoms with Crippen molar-refractivity contribution < 1.29 is 14.1 Å². The second-order valence-corrected chi connectivity index (χ2v) is 8.89. The molecule has 0 bridgehead atoms. The number of pyridine rings is 1. The zero-order valence-electron chi connectivity index (χ0n) is 18.3. The summed E-state index contributed by atoms with van der Waals surface area (Å²) in [7, 11) is 0. The number of hydrogen-bond acceptors (Lipinski definition) is 7. The van der Waals surface area contributed by atoms with Gasteiger partial charge in [0.15, 0.2) is 6.61 Å². The van der Waals surface area contributed by atoms with Gasteiger partial charge in [0.25, 0.3) is 5.91 Å². The van der Waals surface area contributed by atoms with Gasteiger partial charge in [-0.1, -0.05) is 29.6 Å². The normalized spacial score (nSPS) is 16.9. The van der Waals surface area contributed by atoms with Gasteiger partial charge >= 0.3 is 0 Å². The SMILES string of the molecule is O=C(COc1ccc(Cl)cc1)N1CCN(c2ccc(-c3noc(C4CCCC4)n3)cn2)CC1. The number of carbonyl (C=O) groups is 1. The van der Waals surface area contributed by atoms with Crippen molar-refractivity contribution >= 4 is 23.3 Å². The third kappa shape index (κ3) is 5.11. The lowest BCUT2D eigenvalue weighted by Crippen LogP contribution is -2.50. The molecule has 0 spiro atoms. The van der Waals surface area contributed by atoms with Crippen LogP contribution in [0.15, 0.2) is 47.1 Å². The summed E-state index contributed by atoms with van der Waals surface area (Å²) in [5, 5.41) is 4.78. The molecule has 172 valence electrons. The van der Waals surface area contributed by atoms with E-state index in [0.29, 0.717) is 48.7 Å². The molecule has 1 aliphatic carbocycles. The zero-order chi connectivity index (χ0) is 22.6. The molecular formula is C24H26ClN5O3. The number of ether oxygens (including phenoxy) is 1. The lowest BCUT2D eigenvalue weighted by Gasteiger charge is -2.35. The highest BCUT2D eigenvalue weighted by molar-refractivity contribution is 6.30. The summed E-state index contributed by atoms with van der Waals surface area (Å²) >= 11 is 5.87. The molecule has 1 saturated carbocycles. The van der Waals surface area contributed by atoms with Gasteiger partial charge in [-0.05, 0) is 49.2 Å². The predicted octanol–water partition coefficient (Wildman–Crippen LogP) is 4.17. The Balaban J connectivity index is 1.12. The van der Waals surface area contributed by atoms with Crippen molar-refractivity contribution in [3.63, 3.8) is 0 Å². The van der Waals surface area contributed by atoms with Crippen LogP contribution >= 0.6 is 11.6 Å². The molecule has 8 nitrogen and oxygen atoms in total. The number of nitrogens with zero attached hydrogens (tertiary/aromatic N) is 5. The van der Waals surface area contributed by atoms with E-state index in [1.54, 1.807) is 30.5 Å². The summed E-state index contributed by atoms with van der Waals surface area (Å²) in [5.74, 6) is 3.21. The minimum atomic E-state index is -0.0249. The van der Waals surface area contributed by atoms with Gasteiger partial charge in [-0.2, -0.15) is 4.98 Å². The standard InChI is InChI=1S/C24H26ClN5O3/c25-19-6-8-20(9-7-19)32-16-22(31)30-13-11-29(12-14-30)21-10-5-18(15-26-21)23-27-24(33-28-23)17-3-1-2-4-17/h5-10,15,17H,1-4,11-14,16H2. The number of amides is 1. The summed E-state index contributed by atoms with van der Waals surface area (Å²) in [6.45, 7) is 2.70. The van der Waals surface area contributed by atoms with Crippen LogP contribution in [0.2, 0.25) is 5.02 Å². The number of benzene rings is 1. The van der Waals surface area contributed by atoms with E-state index in [4.69, 9.17) is 20.9 Å². The van der Waals surface area contributed by atoms with Crippen LogP contribution in [0.4, 0.5) is 5.82 Å². The molecule has 0 N–H and O–H groups in total. The van der Waals surface area contributed by atoms with Crippen molar-refractivity contribution in [2.24, 2.45) is 0 Å². The largest absolute Gasteiger partial charge is 0.484 e. The fourth-order valence-electron chi connectivity index (χ4n) is 4.35. The van der Waals surface area contributed by atoms with Crippen molar-refractivity contribution in [1.29, 1.82) is 0 Å². The minimum absolute atomic E-state index is 0.0160. The number of halogens is 1. The van der Waals surface area contributed by atoms with Gasteiger partial charge in [0.05, 0.1) is 0 Å². The van der Waals surface area contributed by atoms with Crippen molar-refractivity contribution in [3.8, 4) is 17.1 Å². The smallest absolute Gasteiger partial charge is 0.260 e. The van der Waals surface area contributed by atoms with E-state index in [0.717, 1.165) is 30.1 Å². The van der Waals surface area contributed by atoms with Gasteiger partial charge in [-0.25, -0.2) is 4.98 Å². The van der Waals surface area contributed by atoms with E-state index in [9.17, 15) is 4.79 Å². The Labute approximate surface area is 197 Å². The topological polar surface area (TPSA) is 84.6 Å². The first-order chi connectivity index (χ1) is 16.2. The van der Waals surface area contributed by atoms with Crippen LogP contribution in [0.3, 0.4) is 0 Å². The van der Waals surface area contributed by atoms with Crippen molar-refractivity contribution in [3.05, 3.63) is 53.5 Å². The average Bonchev–Trinajstić information content (AvgIpc) is 3.56. The average molecular weight is 468 g/mol. The second-order valence-electron chi connectivity index (χ2n) is 8.45. The van der Waals surface area contributed by atoms with Gasteiger partial charge in [0, 0.05) is 48.9 Å². The lowest BCUT2D eigenvalue weighted by atomic mass is 10.1. The molecule has 1 saturated heterocycles. The highest BCUT2D eigenvalue weighted by Crippen LogP contribution is 2.34. The molecule has 1 aromatic carbocycles. The Bertz CT molecular complexity index is 1070. The Morgan fingerprint density at radius 3 is 2.52 bits per heavy atom. The molecule has 33 heavy (non-hydrogen) atoms. The zero-order valence-corrected chi connectivity index (χ0v) is 19.1. The fraction of sp³-hybridized carbons (Fsp3) is 0.417. The first kappa shape index (κ1) is 21.7. The van der Waals surface area contributed by atoms with E-state index < -0.39 is 0 Å². The van der Waals surface area contributed by atoms with E-state index >= 15 is 0 Å². The molecule has 0 unspecified atom stereocenters. The highest BCUT2D eigenvalue weighted by atomic mass is 35.5. The molecule has 2 fully saturated rings. The maximum absolute atomic E-state index is 12.5. The third-order valence-electron chi connectivity index (χ3n) is 6.28. The minimum Gasteiger partial charge on any atom is -0.484 e. The van der Waals surface area contributed by atoms with Gasteiger partial charge in [-0.15, -0.1) is 0 Å². The van der Waals surface area contributed by atoms with Crippen LogP contribution in [0.1, 0.15) is 37.5 Å². The molecule has 3 heterocycles. The van der Waals surface area contributed by atoms with E-state index in [2.05, 4.69) is 20.0 Å². The first-order valence-electron chi connectivity index (χ1n) is 11.4. The van der Waals surface area contributed by atoms with Gasteiger partial charge < -0.3 is 19.1 Å². The Hall–Kier alpha value is -3.13. The van der Waals surface area contributed by atoms with Gasteiger partial charge in [0.2, 0.25) is 11.7 Å². The number of carbonyl (C=O) groups excluding carboxylic acids is 1. The van der Waals surface area contributed by atoms with Crippen LogP contribution in [0.25, 0.3) is 11.4 Å². The van der Waals surface area contributed by atoms with Crippen molar-refractivity contribution in [2.45, 2.75) is 31.6 Å². The molecular weight excluding hydrogens is 442 g/mol. The van der Waals surface area contributed by atoms with Crippen LogP contribution in [0, 0.1) is 0 Å². The summed E-state index contributed by atoms with van der Waals surface area (Å²) < 4.78 is 11.1. The second kappa shape index (κ2) is 9.79. The summed E-state index contributed by atoms with van der Waals surface area (Å²) in [5.41, 5.74) is 0.847. The summed E-state index contributed by atoms with van der Waals surface area (Å²) in [6, 6.07) is 10.9. The molecule has 0 atom stereocenters. The molecule has 9 heteroatoms. The first-order valence-corrected chi connectivity index (χ1v) is 11.7. The van der Waals surface area contributed by atoms with Crippen LogP contribution in [0.5, 0.6) is 5.75 Å². The van der Waals surface area contributed by atoms with Crippen LogP contribution in [-0.4, -0.2) is 58.7 Å². The van der Waals surface area contributed by atoms with Crippen molar-refractivity contribution in [2.75, 3.05) is 37.7 Å². The lowest BCUT2D eigenvalue weighted by molar-refractivity contribution is -0.133. The monoisotopic (exact) mass is 467 g/mol. The Kier molecular flexibility index (Phi) is 6.44. The van der Waals surface area contributed by atoms with E-state index in [1.807, 2.05) is 17.0 Å². The number of aromatic nitrogens is 3. The molecule has 3 aromatic rings. The number of anilines is 1. The molecule has 1 amide bonds. The van der Waals surface area contributed by atoms with E-state index in [1.165, 1.54) is 12.8 Å². The highest BCUT2D eigenvalue weighted by Gasteiger charge is 2.24. The summed E-state index contributed by atoms with van der Waals surface area (Å²) in [6.07, 6.45) is 6.50.